The van der Waals surface area contributed by atoms with Gasteiger partial charge in [-0.25, -0.2) is 0 Å². The molecule has 0 saturated carbocycles. The topological polar surface area (TPSA) is 59.1 Å². The van der Waals surface area contributed by atoms with Gasteiger partial charge in [-0.3, -0.25) is 4.98 Å². The highest BCUT2D eigenvalue weighted by Gasteiger charge is 2.31. The van der Waals surface area contributed by atoms with Crippen molar-refractivity contribution in [1.82, 2.24) is 4.98 Å². The van der Waals surface area contributed by atoms with E-state index in [4.69, 9.17) is 5.73 Å². The van der Waals surface area contributed by atoms with Gasteiger partial charge in [0.15, 0.2) is 0 Å². The van der Waals surface area contributed by atoms with Crippen LogP contribution < -0.4 is 5.73 Å². The summed E-state index contributed by atoms with van der Waals surface area (Å²) in [6.07, 6.45) is -2.74. The highest BCUT2D eigenvalue weighted by molar-refractivity contribution is 5.52. The molecule has 0 amide bonds. The Kier molecular flexibility index (Phi) is 3.67. The lowest BCUT2D eigenvalue weighted by Crippen LogP contribution is -2.10. The summed E-state index contributed by atoms with van der Waals surface area (Å²) >= 11 is 0. The summed E-state index contributed by atoms with van der Waals surface area (Å²) in [5.41, 5.74) is 6.14. The van der Waals surface area contributed by atoms with Gasteiger partial charge in [-0.05, 0) is 30.7 Å². The van der Waals surface area contributed by atoms with Gasteiger partial charge in [0.1, 0.15) is 6.10 Å². The number of halogens is 3. The second kappa shape index (κ2) is 5.13. The molecule has 1 aromatic heterocycles. The predicted molar refractivity (Wildman–Crippen MR) is 68.9 cm³/mol. The number of rotatable bonds is 2. The lowest BCUT2D eigenvalue weighted by Gasteiger charge is -2.16. The molecule has 0 fully saturated rings. The number of nitrogens with zero attached hydrogens (tertiary/aromatic N) is 1. The number of aryl methyl sites for hydroxylation is 1. The van der Waals surface area contributed by atoms with Crippen LogP contribution in [0.4, 0.5) is 18.9 Å². The molecule has 6 heteroatoms. The third-order valence-electron chi connectivity index (χ3n) is 2.92. The second-order valence-corrected chi connectivity index (χ2v) is 4.54. The van der Waals surface area contributed by atoms with Gasteiger partial charge in [0.05, 0.1) is 5.56 Å². The van der Waals surface area contributed by atoms with Crippen LogP contribution in [0.15, 0.2) is 36.7 Å². The summed E-state index contributed by atoms with van der Waals surface area (Å²) in [6.45, 7) is 1.78. The Morgan fingerprint density at radius 3 is 2.50 bits per heavy atom. The summed E-state index contributed by atoms with van der Waals surface area (Å²) in [5, 5.41) is 10.2. The molecule has 0 saturated heterocycles. The molecule has 2 rings (SSSR count). The molecule has 1 unspecified atom stereocenters. The SMILES string of the molecule is Cc1cncc(C(O)c2cc(C(F)(F)F)ccc2N)c1. The number of anilines is 1. The first-order chi connectivity index (χ1) is 9.29. The summed E-state index contributed by atoms with van der Waals surface area (Å²) in [6, 6.07) is 4.55. The number of pyridine rings is 1. The van der Waals surface area contributed by atoms with Crippen molar-refractivity contribution in [1.29, 1.82) is 0 Å². The maximum Gasteiger partial charge on any atom is 0.416 e. The van der Waals surface area contributed by atoms with Gasteiger partial charge in [-0.2, -0.15) is 13.2 Å². The van der Waals surface area contributed by atoms with E-state index in [2.05, 4.69) is 4.98 Å². The van der Waals surface area contributed by atoms with Crippen molar-refractivity contribution in [2.24, 2.45) is 0 Å². The largest absolute Gasteiger partial charge is 0.416 e. The third kappa shape index (κ3) is 2.91. The van der Waals surface area contributed by atoms with E-state index in [-0.39, 0.29) is 11.3 Å². The van der Waals surface area contributed by atoms with Crippen LogP contribution in [0.1, 0.15) is 28.4 Å². The molecule has 0 aliphatic carbocycles. The zero-order chi connectivity index (χ0) is 14.9. The predicted octanol–water partition coefficient (Wildman–Crippen LogP) is 3.07. The van der Waals surface area contributed by atoms with E-state index in [0.717, 1.165) is 23.8 Å². The van der Waals surface area contributed by atoms with E-state index < -0.39 is 17.8 Å². The van der Waals surface area contributed by atoms with Gasteiger partial charge in [0, 0.05) is 29.2 Å². The monoisotopic (exact) mass is 282 g/mol. The third-order valence-corrected chi connectivity index (χ3v) is 2.92. The number of benzene rings is 1. The molecule has 2 aromatic rings. The first kappa shape index (κ1) is 14.3. The van der Waals surface area contributed by atoms with Crippen molar-refractivity contribution in [2.75, 3.05) is 5.73 Å². The zero-order valence-electron chi connectivity index (χ0n) is 10.6. The van der Waals surface area contributed by atoms with Gasteiger partial charge in [-0.1, -0.05) is 6.07 Å². The quantitative estimate of drug-likeness (QED) is 0.832. The van der Waals surface area contributed by atoms with Gasteiger partial charge in [0.25, 0.3) is 0 Å². The first-order valence-electron chi connectivity index (χ1n) is 5.85. The highest BCUT2D eigenvalue weighted by Crippen LogP contribution is 2.34. The molecule has 1 aromatic carbocycles. The average Bonchev–Trinajstić information content (AvgIpc) is 2.37. The number of hydrogen-bond donors (Lipinski definition) is 2. The second-order valence-electron chi connectivity index (χ2n) is 4.54. The number of aliphatic hydroxyl groups is 1. The van der Waals surface area contributed by atoms with Crippen molar-refractivity contribution < 1.29 is 18.3 Å². The van der Waals surface area contributed by atoms with Crippen LogP contribution in [0.3, 0.4) is 0 Å². The van der Waals surface area contributed by atoms with Crippen LogP contribution >= 0.6 is 0 Å². The molecule has 1 atom stereocenters. The Bertz CT molecular complexity index is 626. The summed E-state index contributed by atoms with van der Waals surface area (Å²) < 4.78 is 38.1. The number of nitrogens with two attached hydrogens (primary N) is 1. The fourth-order valence-electron chi connectivity index (χ4n) is 1.90. The van der Waals surface area contributed by atoms with Crippen LogP contribution in [0.25, 0.3) is 0 Å². The van der Waals surface area contributed by atoms with Crippen molar-refractivity contribution in [2.45, 2.75) is 19.2 Å². The lowest BCUT2D eigenvalue weighted by molar-refractivity contribution is -0.137. The normalized spacial score (nSPS) is 13.2. The van der Waals surface area contributed by atoms with Crippen LogP contribution in [0.5, 0.6) is 0 Å². The number of aromatic nitrogens is 1. The van der Waals surface area contributed by atoms with Crippen molar-refractivity contribution in [3.05, 3.63) is 58.9 Å². The molecule has 3 N–H and O–H groups in total. The molecule has 0 bridgehead atoms. The molecule has 1 heterocycles. The molecular weight excluding hydrogens is 269 g/mol. The summed E-state index contributed by atoms with van der Waals surface area (Å²) in [5.74, 6) is 0. The fourth-order valence-corrected chi connectivity index (χ4v) is 1.90. The van der Waals surface area contributed by atoms with E-state index in [0.29, 0.717) is 5.56 Å². The minimum Gasteiger partial charge on any atom is -0.398 e. The number of aliphatic hydroxyl groups excluding tert-OH is 1. The van der Waals surface area contributed by atoms with Gasteiger partial charge in [-0.15, -0.1) is 0 Å². The Morgan fingerprint density at radius 1 is 1.20 bits per heavy atom. The summed E-state index contributed by atoms with van der Waals surface area (Å²) in [4.78, 5) is 3.91. The van der Waals surface area contributed by atoms with E-state index in [1.807, 2.05) is 0 Å². The van der Waals surface area contributed by atoms with E-state index in [9.17, 15) is 18.3 Å². The van der Waals surface area contributed by atoms with Crippen LogP contribution in [-0.4, -0.2) is 10.1 Å². The van der Waals surface area contributed by atoms with Crippen LogP contribution in [-0.2, 0) is 6.18 Å². The Hall–Kier alpha value is -2.08. The molecule has 106 valence electrons. The Labute approximate surface area is 113 Å². The molecule has 3 nitrogen and oxygen atoms in total. The minimum atomic E-state index is -4.48. The number of alkyl halides is 3. The molecule has 0 radical (unpaired) electrons. The van der Waals surface area contributed by atoms with Gasteiger partial charge in [0.2, 0.25) is 0 Å². The molecule has 0 aliphatic rings. The zero-order valence-corrected chi connectivity index (χ0v) is 10.6. The smallest absolute Gasteiger partial charge is 0.398 e. The van der Waals surface area contributed by atoms with Crippen LogP contribution in [0, 0.1) is 6.92 Å². The Morgan fingerprint density at radius 2 is 1.90 bits per heavy atom. The van der Waals surface area contributed by atoms with Crippen LogP contribution in [0.2, 0.25) is 0 Å². The first-order valence-corrected chi connectivity index (χ1v) is 5.85. The number of hydrogen-bond acceptors (Lipinski definition) is 3. The molecule has 20 heavy (non-hydrogen) atoms. The van der Waals surface area contributed by atoms with Gasteiger partial charge >= 0.3 is 6.18 Å². The fraction of sp³-hybridized carbons (Fsp3) is 0.214. The molecular formula is C14H13F3N2O. The van der Waals surface area contributed by atoms with Crippen molar-refractivity contribution in [3.8, 4) is 0 Å². The number of nitrogen functional groups attached to an aromatic ring is 1. The standard InChI is InChI=1S/C14H13F3N2O/c1-8-4-9(7-19-6-8)13(20)11-5-10(14(15,16)17)2-3-12(11)18/h2-7,13,20H,18H2,1H3. The molecule has 0 aliphatic heterocycles. The van der Waals surface area contributed by atoms with E-state index in [1.54, 1.807) is 19.2 Å². The van der Waals surface area contributed by atoms with E-state index >= 15 is 0 Å². The maximum atomic E-state index is 12.7. The van der Waals surface area contributed by atoms with Crippen molar-refractivity contribution >= 4 is 5.69 Å². The van der Waals surface area contributed by atoms with Gasteiger partial charge < -0.3 is 10.8 Å². The van der Waals surface area contributed by atoms with Crippen molar-refractivity contribution in [3.63, 3.8) is 0 Å². The maximum absolute atomic E-state index is 12.7. The lowest BCUT2D eigenvalue weighted by atomic mass is 9.98. The van der Waals surface area contributed by atoms with E-state index in [1.165, 1.54) is 6.20 Å². The summed E-state index contributed by atoms with van der Waals surface area (Å²) in [7, 11) is 0. The minimum absolute atomic E-state index is 0.0206. The Balaban J connectivity index is 2.46. The molecule has 0 spiro atoms. The highest BCUT2D eigenvalue weighted by atomic mass is 19.4. The average molecular weight is 282 g/mol.